The summed E-state index contributed by atoms with van der Waals surface area (Å²) in [6, 6.07) is 8.51. The molecule has 1 aliphatic heterocycles. The van der Waals surface area contributed by atoms with Gasteiger partial charge in [-0.2, -0.15) is 0 Å². The van der Waals surface area contributed by atoms with Gasteiger partial charge in [-0.1, -0.05) is 30.3 Å². The highest BCUT2D eigenvalue weighted by molar-refractivity contribution is 6.55. The molecule has 0 radical (unpaired) electrons. The first kappa shape index (κ1) is 18.2. The van der Waals surface area contributed by atoms with Crippen LogP contribution in [0.5, 0.6) is 0 Å². The van der Waals surface area contributed by atoms with E-state index in [0.29, 0.717) is 0 Å². The van der Waals surface area contributed by atoms with Crippen molar-refractivity contribution in [2.24, 2.45) is 0 Å². The molecular weight excluding hydrogens is 287 g/mol. The Balaban J connectivity index is 2.27. The quantitative estimate of drug-likeness (QED) is 0.792. The van der Waals surface area contributed by atoms with E-state index in [1.165, 1.54) is 5.56 Å². The van der Waals surface area contributed by atoms with E-state index < -0.39 is 0 Å². The highest BCUT2D eigenvalue weighted by Crippen LogP contribution is 2.38. The molecule has 2 N–H and O–H groups in total. The number of hydrogen-bond acceptors (Lipinski definition) is 4. The summed E-state index contributed by atoms with van der Waals surface area (Å²) < 4.78 is 12.4. The second-order valence-electron chi connectivity index (χ2n) is 7.11. The van der Waals surface area contributed by atoms with E-state index >= 15 is 0 Å². The lowest BCUT2D eigenvalue weighted by Gasteiger charge is -2.32. The molecule has 1 heterocycles. The smallest absolute Gasteiger partial charge is 0.400 e. The first-order chi connectivity index (χ1) is 10.8. The Morgan fingerprint density at radius 1 is 1.09 bits per heavy atom. The highest BCUT2D eigenvalue weighted by Gasteiger charge is 2.52. The molecule has 4 nitrogen and oxygen atoms in total. The van der Waals surface area contributed by atoms with Gasteiger partial charge >= 0.3 is 7.12 Å². The van der Waals surface area contributed by atoms with Crippen molar-refractivity contribution in [2.45, 2.75) is 45.4 Å². The molecule has 0 bridgehead atoms. The predicted molar refractivity (Wildman–Crippen MR) is 97.2 cm³/mol. The molecule has 0 spiro atoms. The van der Waals surface area contributed by atoms with Crippen molar-refractivity contribution in [1.29, 1.82) is 0 Å². The van der Waals surface area contributed by atoms with Gasteiger partial charge in [-0.25, -0.2) is 0 Å². The molecular formula is C18H29BN2O2. The second kappa shape index (κ2) is 7.18. The van der Waals surface area contributed by atoms with Gasteiger partial charge in [0.05, 0.1) is 11.2 Å². The second-order valence-corrected chi connectivity index (χ2v) is 7.11. The minimum absolute atomic E-state index is 0.319. The molecule has 1 aromatic rings. The average Bonchev–Trinajstić information content (AvgIpc) is 2.68. The Kier molecular flexibility index (Phi) is 5.68. The molecule has 1 fully saturated rings. The highest BCUT2D eigenvalue weighted by atomic mass is 16.7. The van der Waals surface area contributed by atoms with Gasteiger partial charge in [0.15, 0.2) is 0 Å². The van der Waals surface area contributed by atoms with Gasteiger partial charge in [-0.15, -0.1) is 0 Å². The summed E-state index contributed by atoms with van der Waals surface area (Å²) in [4.78, 5) is 0. The minimum Gasteiger partial charge on any atom is -0.400 e. The standard InChI is InChI=1S/C18H29BN2O2/c1-17(2)18(3,4)23-19(22-17)16(13-21-6)11-14-8-7-9-15(10-14)12-20-5/h7-11,20-21H,12-13H2,1-6H3. The lowest BCUT2D eigenvalue weighted by molar-refractivity contribution is 0.00578. The Labute approximate surface area is 140 Å². The largest absolute Gasteiger partial charge is 0.491 e. The SMILES string of the molecule is CNCC(=Cc1cccc(CNC)c1)B1OC(C)(C)C(C)(C)O1. The van der Waals surface area contributed by atoms with Crippen LogP contribution in [0.2, 0.25) is 0 Å². The fourth-order valence-electron chi connectivity index (χ4n) is 2.61. The molecule has 2 rings (SSSR count). The van der Waals surface area contributed by atoms with E-state index in [-0.39, 0.29) is 18.3 Å². The molecule has 0 atom stereocenters. The summed E-state index contributed by atoms with van der Waals surface area (Å²) in [5.74, 6) is 0. The van der Waals surface area contributed by atoms with Gasteiger partial charge < -0.3 is 19.9 Å². The molecule has 23 heavy (non-hydrogen) atoms. The zero-order chi connectivity index (χ0) is 17.1. The summed E-state index contributed by atoms with van der Waals surface area (Å²) in [7, 11) is 3.58. The van der Waals surface area contributed by atoms with Gasteiger partial charge in [0.25, 0.3) is 0 Å². The van der Waals surface area contributed by atoms with Crippen molar-refractivity contribution >= 4 is 13.2 Å². The lowest BCUT2D eigenvalue weighted by Crippen LogP contribution is -2.41. The molecule has 1 aromatic carbocycles. The monoisotopic (exact) mass is 316 g/mol. The summed E-state index contributed by atoms with van der Waals surface area (Å²) in [6.07, 6.45) is 2.16. The number of benzene rings is 1. The maximum Gasteiger partial charge on any atom is 0.491 e. The zero-order valence-corrected chi connectivity index (χ0v) is 15.2. The van der Waals surface area contributed by atoms with Crippen molar-refractivity contribution in [3.8, 4) is 0 Å². The molecule has 1 aliphatic rings. The van der Waals surface area contributed by atoms with Crippen molar-refractivity contribution in [2.75, 3.05) is 20.6 Å². The Morgan fingerprint density at radius 2 is 1.74 bits per heavy atom. The molecule has 0 aromatic heterocycles. The maximum absolute atomic E-state index is 6.19. The maximum atomic E-state index is 6.19. The molecule has 0 saturated carbocycles. The third-order valence-electron chi connectivity index (χ3n) is 4.62. The first-order valence-corrected chi connectivity index (χ1v) is 8.23. The first-order valence-electron chi connectivity index (χ1n) is 8.23. The normalized spacial score (nSPS) is 20.1. The van der Waals surface area contributed by atoms with Gasteiger partial charge in [0.2, 0.25) is 0 Å². The zero-order valence-electron chi connectivity index (χ0n) is 15.2. The molecule has 0 unspecified atom stereocenters. The topological polar surface area (TPSA) is 42.5 Å². The third-order valence-corrected chi connectivity index (χ3v) is 4.62. The van der Waals surface area contributed by atoms with Crippen LogP contribution in [0.15, 0.2) is 29.7 Å². The van der Waals surface area contributed by atoms with E-state index in [0.717, 1.165) is 24.1 Å². The van der Waals surface area contributed by atoms with Crippen LogP contribution in [0.3, 0.4) is 0 Å². The Morgan fingerprint density at radius 3 is 2.30 bits per heavy atom. The van der Waals surface area contributed by atoms with Crippen LogP contribution < -0.4 is 10.6 Å². The third kappa shape index (κ3) is 4.24. The van der Waals surface area contributed by atoms with Crippen LogP contribution in [-0.2, 0) is 15.9 Å². The van der Waals surface area contributed by atoms with E-state index in [1.807, 2.05) is 14.1 Å². The van der Waals surface area contributed by atoms with Gasteiger partial charge in [0.1, 0.15) is 0 Å². The van der Waals surface area contributed by atoms with Gasteiger partial charge in [-0.05, 0) is 58.4 Å². The fraction of sp³-hybridized carbons (Fsp3) is 0.556. The van der Waals surface area contributed by atoms with E-state index in [2.05, 4.69) is 68.7 Å². The number of nitrogens with one attached hydrogen (secondary N) is 2. The van der Waals surface area contributed by atoms with Crippen molar-refractivity contribution in [3.05, 3.63) is 40.9 Å². The number of rotatable bonds is 6. The minimum atomic E-state index is -0.321. The van der Waals surface area contributed by atoms with Crippen LogP contribution in [0.1, 0.15) is 38.8 Å². The number of hydrogen-bond donors (Lipinski definition) is 2. The van der Waals surface area contributed by atoms with E-state index in [1.54, 1.807) is 0 Å². The fourth-order valence-corrected chi connectivity index (χ4v) is 2.61. The van der Waals surface area contributed by atoms with Gasteiger partial charge in [-0.3, -0.25) is 0 Å². The summed E-state index contributed by atoms with van der Waals surface area (Å²) in [6.45, 7) is 9.91. The summed E-state index contributed by atoms with van der Waals surface area (Å²) >= 11 is 0. The summed E-state index contributed by atoms with van der Waals surface area (Å²) in [5.41, 5.74) is 2.89. The van der Waals surface area contributed by atoms with Crippen LogP contribution in [0, 0.1) is 0 Å². The number of likely N-dealkylation sites (N-methyl/N-ethyl adjacent to an activating group) is 1. The lowest BCUT2D eigenvalue weighted by atomic mass is 9.77. The molecule has 126 valence electrons. The van der Waals surface area contributed by atoms with Crippen LogP contribution >= 0.6 is 0 Å². The Hall–Kier alpha value is -1.14. The molecule has 5 heteroatoms. The van der Waals surface area contributed by atoms with Crippen LogP contribution in [0.4, 0.5) is 0 Å². The summed E-state index contributed by atoms with van der Waals surface area (Å²) in [5, 5.41) is 6.40. The van der Waals surface area contributed by atoms with E-state index in [9.17, 15) is 0 Å². The average molecular weight is 316 g/mol. The van der Waals surface area contributed by atoms with Crippen molar-refractivity contribution < 1.29 is 9.31 Å². The Bertz CT molecular complexity index is 554. The van der Waals surface area contributed by atoms with E-state index in [4.69, 9.17) is 9.31 Å². The molecule has 0 amide bonds. The predicted octanol–water partition coefficient (Wildman–Crippen LogP) is 2.64. The molecule has 0 aliphatic carbocycles. The van der Waals surface area contributed by atoms with Crippen LogP contribution in [0.25, 0.3) is 6.08 Å². The van der Waals surface area contributed by atoms with Crippen molar-refractivity contribution in [1.82, 2.24) is 10.6 Å². The van der Waals surface area contributed by atoms with Crippen LogP contribution in [-0.4, -0.2) is 39.0 Å². The van der Waals surface area contributed by atoms with Gasteiger partial charge in [0, 0.05) is 13.1 Å². The van der Waals surface area contributed by atoms with Crippen molar-refractivity contribution in [3.63, 3.8) is 0 Å². The molecule has 1 saturated heterocycles.